The number of fused-ring (bicyclic) bond motifs is 1. The van der Waals surface area contributed by atoms with Crippen LogP contribution in [0.2, 0.25) is 6.32 Å². The number of phenols is 1. The van der Waals surface area contributed by atoms with Crippen molar-refractivity contribution in [3.8, 4) is 5.75 Å². The molecular weight excluding hydrogens is 467 g/mol. The predicted molar refractivity (Wildman–Crippen MR) is 125 cm³/mol. The van der Waals surface area contributed by atoms with Gasteiger partial charge in [0.25, 0.3) is 0 Å². The average Bonchev–Trinajstić information content (AvgIpc) is 2.93. The van der Waals surface area contributed by atoms with Gasteiger partial charge in [0, 0.05) is 16.4 Å². The fraction of sp³-hybridized carbons (Fsp3) is 0.545. The molecule has 2 heterocycles. The van der Waals surface area contributed by atoms with Crippen LogP contribution in [0.1, 0.15) is 57.9 Å². The number of halogens is 1. The summed E-state index contributed by atoms with van der Waals surface area (Å²) in [6.07, 6.45) is 6.58. The molecule has 2 aliphatic heterocycles. The zero-order chi connectivity index (χ0) is 21.9. The SMILES string of the molecule is CCCC1=C2[C@@H](CC/C(=C/c3cc(Br)ccc3O)CCC)OB(O)C[C@@H]2S(=O)(=O)C1. The molecule has 2 aliphatic rings. The Labute approximate surface area is 188 Å². The normalized spacial score (nSPS) is 23.7. The molecule has 1 aromatic rings. The van der Waals surface area contributed by atoms with Crippen molar-refractivity contribution in [3.05, 3.63) is 45.0 Å². The van der Waals surface area contributed by atoms with Crippen LogP contribution in [0.25, 0.3) is 6.08 Å². The number of phenolic OH excluding ortho intramolecular Hbond substituents is 1. The highest BCUT2D eigenvalue weighted by Gasteiger charge is 2.48. The molecule has 0 aliphatic carbocycles. The van der Waals surface area contributed by atoms with Gasteiger partial charge in [0.1, 0.15) is 5.75 Å². The topological polar surface area (TPSA) is 83.8 Å². The second-order valence-corrected chi connectivity index (χ2v) is 11.3. The molecule has 1 aromatic carbocycles. The number of sulfone groups is 1. The maximum absolute atomic E-state index is 12.7. The smallest absolute Gasteiger partial charge is 0.456 e. The summed E-state index contributed by atoms with van der Waals surface area (Å²) in [7, 11) is -4.31. The van der Waals surface area contributed by atoms with Crippen molar-refractivity contribution in [2.75, 3.05) is 5.75 Å². The first kappa shape index (κ1) is 23.6. The van der Waals surface area contributed by atoms with E-state index in [9.17, 15) is 18.5 Å². The minimum absolute atomic E-state index is 0.0942. The first-order chi connectivity index (χ1) is 14.2. The van der Waals surface area contributed by atoms with Gasteiger partial charge < -0.3 is 14.8 Å². The standard InChI is InChI=1S/C22H30BBrO5S/c1-3-5-15(11-17-12-18(24)8-9-19(17)25)7-10-20-22-16(6-4-2)14-30(27,28)21(22)13-23(26)29-20/h8-9,11-12,20-21,25-26H,3-7,10,13-14H2,1-2H3/b15-11+/t20-,21+/m1/s1. The third kappa shape index (κ3) is 5.39. The molecule has 2 N–H and O–H groups in total. The summed E-state index contributed by atoms with van der Waals surface area (Å²) in [4.78, 5) is 0. The van der Waals surface area contributed by atoms with Gasteiger partial charge in [-0.2, -0.15) is 0 Å². The van der Waals surface area contributed by atoms with E-state index in [1.54, 1.807) is 12.1 Å². The van der Waals surface area contributed by atoms with Crippen LogP contribution in [0.3, 0.4) is 0 Å². The second kappa shape index (κ2) is 10.0. The molecule has 0 amide bonds. The quantitative estimate of drug-likeness (QED) is 0.395. The zero-order valence-corrected chi connectivity index (χ0v) is 20.0. The van der Waals surface area contributed by atoms with E-state index in [1.807, 2.05) is 19.1 Å². The summed E-state index contributed by atoms with van der Waals surface area (Å²) in [5.74, 6) is 0.322. The molecule has 2 atom stereocenters. The maximum atomic E-state index is 12.7. The molecule has 30 heavy (non-hydrogen) atoms. The Kier molecular flexibility index (Phi) is 7.88. The molecule has 0 saturated carbocycles. The average molecular weight is 497 g/mol. The molecule has 0 bridgehead atoms. The first-order valence-corrected chi connectivity index (χ1v) is 13.2. The summed E-state index contributed by atoms with van der Waals surface area (Å²) < 4.78 is 32.1. The number of rotatable bonds is 8. The van der Waals surface area contributed by atoms with E-state index in [-0.39, 0.29) is 23.9 Å². The Morgan fingerprint density at radius 2 is 2.07 bits per heavy atom. The van der Waals surface area contributed by atoms with Gasteiger partial charge in [-0.3, -0.25) is 0 Å². The summed E-state index contributed by atoms with van der Waals surface area (Å²) >= 11 is 3.44. The van der Waals surface area contributed by atoms with Crippen molar-refractivity contribution >= 4 is 39.0 Å². The maximum Gasteiger partial charge on any atom is 0.456 e. The van der Waals surface area contributed by atoms with Gasteiger partial charge >= 0.3 is 7.12 Å². The van der Waals surface area contributed by atoms with Gasteiger partial charge in [0.2, 0.25) is 0 Å². The van der Waals surface area contributed by atoms with Gasteiger partial charge in [0.05, 0.1) is 17.1 Å². The molecule has 0 unspecified atom stereocenters. The Morgan fingerprint density at radius 3 is 2.77 bits per heavy atom. The Hall–Kier alpha value is -1.09. The molecule has 8 heteroatoms. The van der Waals surface area contributed by atoms with E-state index in [2.05, 4.69) is 22.9 Å². The van der Waals surface area contributed by atoms with Crippen LogP contribution in [0.15, 0.2) is 39.4 Å². The van der Waals surface area contributed by atoms with Crippen LogP contribution in [0.5, 0.6) is 5.75 Å². The van der Waals surface area contributed by atoms with Gasteiger partial charge in [-0.25, -0.2) is 8.42 Å². The molecule has 164 valence electrons. The van der Waals surface area contributed by atoms with Gasteiger partial charge in [-0.15, -0.1) is 0 Å². The van der Waals surface area contributed by atoms with Gasteiger partial charge in [0.15, 0.2) is 9.84 Å². The van der Waals surface area contributed by atoms with E-state index in [1.165, 1.54) is 5.57 Å². The number of aromatic hydroxyl groups is 1. The van der Waals surface area contributed by atoms with Crippen LogP contribution in [-0.4, -0.2) is 42.8 Å². The fourth-order valence-corrected chi connectivity index (χ4v) is 7.11. The molecule has 0 spiro atoms. The van der Waals surface area contributed by atoms with Crippen molar-refractivity contribution in [3.63, 3.8) is 0 Å². The molecule has 0 radical (unpaired) electrons. The van der Waals surface area contributed by atoms with Crippen molar-refractivity contribution in [1.29, 1.82) is 0 Å². The summed E-state index contributed by atoms with van der Waals surface area (Å²) in [6, 6.07) is 5.34. The lowest BCUT2D eigenvalue weighted by atomic mass is 9.74. The van der Waals surface area contributed by atoms with E-state index < -0.39 is 22.2 Å². The number of hydrogen-bond acceptors (Lipinski definition) is 5. The third-order valence-corrected chi connectivity index (χ3v) is 8.41. The largest absolute Gasteiger partial charge is 0.507 e. The highest BCUT2D eigenvalue weighted by atomic mass is 79.9. The van der Waals surface area contributed by atoms with Crippen molar-refractivity contribution in [2.24, 2.45) is 0 Å². The lowest BCUT2D eigenvalue weighted by Gasteiger charge is -2.32. The Balaban J connectivity index is 1.84. The first-order valence-electron chi connectivity index (χ1n) is 10.7. The zero-order valence-electron chi connectivity index (χ0n) is 17.6. The Bertz CT molecular complexity index is 941. The molecule has 0 aromatic heterocycles. The second-order valence-electron chi connectivity index (χ2n) is 8.21. The van der Waals surface area contributed by atoms with E-state index in [0.29, 0.717) is 12.8 Å². The molecule has 3 rings (SSSR count). The van der Waals surface area contributed by atoms with Crippen molar-refractivity contribution in [2.45, 2.75) is 70.0 Å². The van der Waals surface area contributed by atoms with Crippen LogP contribution in [-0.2, 0) is 14.5 Å². The highest BCUT2D eigenvalue weighted by Crippen LogP contribution is 2.41. The molecular formula is C22H30BBrO5S. The highest BCUT2D eigenvalue weighted by molar-refractivity contribution is 9.10. The number of hydrogen-bond donors (Lipinski definition) is 2. The van der Waals surface area contributed by atoms with Gasteiger partial charge in [-0.1, -0.05) is 59.8 Å². The van der Waals surface area contributed by atoms with Crippen LogP contribution >= 0.6 is 15.9 Å². The minimum Gasteiger partial charge on any atom is -0.507 e. The molecule has 1 fully saturated rings. The number of benzene rings is 1. The minimum atomic E-state index is -3.26. The van der Waals surface area contributed by atoms with Crippen molar-refractivity contribution in [1.82, 2.24) is 0 Å². The lowest BCUT2D eigenvalue weighted by molar-refractivity contribution is 0.169. The van der Waals surface area contributed by atoms with E-state index in [0.717, 1.165) is 46.9 Å². The summed E-state index contributed by atoms with van der Waals surface area (Å²) in [6.45, 7) is 4.16. The van der Waals surface area contributed by atoms with Gasteiger partial charge in [-0.05, 0) is 49.5 Å². The summed E-state index contributed by atoms with van der Waals surface area (Å²) in [5, 5.41) is 19.8. The third-order valence-electron chi connectivity index (χ3n) is 5.85. The van der Waals surface area contributed by atoms with Crippen LogP contribution in [0.4, 0.5) is 0 Å². The molecule has 1 saturated heterocycles. The van der Waals surface area contributed by atoms with Crippen LogP contribution < -0.4 is 0 Å². The van der Waals surface area contributed by atoms with Crippen molar-refractivity contribution < 1.29 is 23.2 Å². The van der Waals surface area contributed by atoms with E-state index >= 15 is 0 Å². The fourth-order valence-electron chi connectivity index (χ4n) is 4.57. The predicted octanol–water partition coefficient (Wildman–Crippen LogP) is 4.89. The van der Waals surface area contributed by atoms with E-state index in [4.69, 9.17) is 4.65 Å². The lowest BCUT2D eigenvalue weighted by Crippen LogP contribution is -2.41. The number of allylic oxidation sites excluding steroid dienone is 1. The Morgan fingerprint density at radius 1 is 1.30 bits per heavy atom. The summed E-state index contributed by atoms with van der Waals surface area (Å²) in [5.41, 5.74) is 3.79. The van der Waals surface area contributed by atoms with Crippen LogP contribution in [0, 0.1) is 0 Å². The monoisotopic (exact) mass is 496 g/mol. The molecule has 5 nitrogen and oxygen atoms in total.